The molecule has 0 aliphatic carbocycles. The molecule has 1 aromatic rings. The zero-order chi connectivity index (χ0) is 11.6. The maximum absolute atomic E-state index is 12.7. The van der Waals surface area contributed by atoms with Crippen LogP contribution in [0, 0.1) is 5.82 Å². The summed E-state index contributed by atoms with van der Waals surface area (Å²) in [6.45, 7) is 0. The Labute approximate surface area is 81.4 Å². The number of carboxylic acid groups (broad SMARTS) is 1. The van der Waals surface area contributed by atoms with E-state index in [1.807, 2.05) is 0 Å². The van der Waals surface area contributed by atoms with Crippen molar-refractivity contribution in [1.29, 1.82) is 0 Å². The molecule has 0 aliphatic heterocycles. The van der Waals surface area contributed by atoms with Gasteiger partial charge in [-0.15, -0.1) is 0 Å². The van der Waals surface area contributed by atoms with E-state index in [2.05, 4.69) is 4.98 Å². The summed E-state index contributed by atoms with van der Waals surface area (Å²) in [6.07, 6.45) is -5.16. The van der Waals surface area contributed by atoms with Gasteiger partial charge in [0.25, 0.3) is 0 Å². The predicted octanol–water partition coefficient (Wildman–Crippen LogP) is 1.87. The van der Waals surface area contributed by atoms with Crippen LogP contribution >= 0.6 is 0 Å². The number of hydrogen-bond donors (Lipinski definition) is 1. The molecule has 0 saturated carbocycles. The molecular weight excluding hydrogens is 218 g/mol. The third-order valence-corrected chi connectivity index (χ3v) is 1.55. The average Bonchev–Trinajstić information content (AvgIpc) is 2.05. The van der Waals surface area contributed by atoms with Gasteiger partial charge in [-0.1, -0.05) is 0 Å². The quantitative estimate of drug-likeness (QED) is 0.778. The summed E-state index contributed by atoms with van der Waals surface area (Å²) in [4.78, 5) is 13.4. The first-order valence-electron chi connectivity index (χ1n) is 3.74. The van der Waals surface area contributed by atoms with Crippen molar-refractivity contribution in [2.45, 2.75) is 12.6 Å². The summed E-state index contributed by atoms with van der Waals surface area (Å²) in [6, 6.07) is 0.392. The fourth-order valence-electron chi connectivity index (χ4n) is 0.951. The van der Waals surface area contributed by atoms with Crippen LogP contribution in [0.3, 0.4) is 0 Å². The number of rotatable bonds is 2. The van der Waals surface area contributed by atoms with Gasteiger partial charge in [-0.05, 0) is 6.07 Å². The number of nitrogens with zero attached hydrogens (tertiary/aromatic N) is 1. The first-order chi connectivity index (χ1) is 6.80. The molecule has 7 heteroatoms. The van der Waals surface area contributed by atoms with Gasteiger partial charge >= 0.3 is 12.1 Å². The zero-order valence-electron chi connectivity index (χ0n) is 7.18. The Morgan fingerprint density at radius 3 is 2.53 bits per heavy atom. The molecule has 1 heterocycles. The lowest BCUT2D eigenvalue weighted by molar-refractivity contribution is -0.140. The Morgan fingerprint density at radius 1 is 1.47 bits per heavy atom. The number of pyridine rings is 1. The van der Waals surface area contributed by atoms with Crippen LogP contribution < -0.4 is 0 Å². The van der Waals surface area contributed by atoms with Crippen LogP contribution in [0.4, 0.5) is 17.6 Å². The van der Waals surface area contributed by atoms with Gasteiger partial charge in [0.1, 0.15) is 0 Å². The van der Waals surface area contributed by atoms with Gasteiger partial charge in [0.2, 0.25) is 0 Å². The normalized spacial score (nSPS) is 11.5. The smallest absolute Gasteiger partial charge is 0.419 e. The van der Waals surface area contributed by atoms with Crippen LogP contribution in [-0.2, 0) is 17.4 Å². The summed E-state index contributed by atoms with van der Waals surface area (Å²) < 4.78 is 49.1. The van der Waals surface area contributed by atoms with Crippen molar-refractivity contribution < 1.29 is 27.5 Å². The standard InChI is InChI=1S/C8H5F4NO2/c9-6-3-13-4(2-7(14)15)1-5(6)8(10,11)12/h1,3H,2H2,(H,14,15). The Kier molecular flexibility index (Phi) is 2.92. The molecule has 15 heavy (non-hydrogen) atoms. The van der Waals surface area contributed by atoms with Gasteiger partial charge in [0.15, 0.2) is 5.82 Å². The summed E-state index contributed by atoms with van der Waals surface area (Å²) in [5.74, 6) is -2.85. The molecule has 0 bridgehead atoms. The van der Waals surface area contributed by atoms with Crippen LogP contribution in [0.15, 0.2) is 12.3 Å². The van der Waals surface area contributed by atoms with E-state index in [0.717, 1.165) is 0 Å². The van der Waals surface area contributed by atoms with E-state index in [-0.39, 0.29) is 5.69 Å². The number of carbonyl (C=O) groups is 1. The molecule has 0 spiro atoms. The molecule has 0 unspecified atom stereocenters. The van der Waals surface area contributed by atoms with E-state index in [1.54, 1.807) is 0 Å². The Hall–Kier alpha value is -1.66. The predicted molar refractivity (Wildman–Crippen MR) is 40.5 cm³/mol. The van der Waals surface area contributed by atoms with E-state index < -0.39 is 29.9 Å². The topological polar surface area (TPSA) is 50.2 Å². The van der Waals surface area contributed by atoms with Crippen LogP contribution in [0.25, 0.3) is 0 Å². The van der Waals surface area contributed by atoms with Crippen molar-refractivity contribution in [3.8, 4) is 0 Å². The first kappa shape index (κ1) is 11.4. The second-order valence-corrected chi connectivity index (χ2v) is 2.72. The van der Waals surface area contributed by atoms with Crippen LogP contribution in [0.5, 0.6) is 0 Å². The minimum Gasteiger partial charge on any atom is -0.481 e. The lowest BCUT2D eigenvalue weighted by Gasteiger charge is -2.08. The molecule has 1 aromatic heterocycles. The molecule has 82 valence electrons. The molecule has 0 fully saturated rings. The van der Waals surface area contributed by atoms with Gasteiger partial charge in [-0.25, -0.2) is 4.39 Å². The molecule has 3 nitrogen and oxygen atoms in total. The fraction of sp³-hybridized carbons (Fsp3) is 0.250. The highest BCUT2D eigenvalue weighted by Crippen LogP contribution is 2.31. The zero-order valence-corrected chi connectivity index (χ0v) is 7.18. The molecule has 0 saturated heterocycles. The van der Waals surface area contributed by atoms with Crippen molar-refractivity contribution in [3.63, 3.8) is 0 Å². The van der Waals surface area contributed by atoms with E-state index >= 15 is 0 Å². The Balaban J connectivity index is 3.11. The molecule has 0 amide bonds. The summed E-state index contributed by atoms with van der Waals surface area (Å²) in [5, 5.41) is 8.31. The van der Waals surface area contributed by atoms with Crippen molar-refractivity contribution in [3.05, 3.63) is 29.3 Å². The molecule has 0 radical (unpaired) electrons. The van der Waals surface area contributed by atoms with Gasteiger partial charge in [0, 0.05) is 0 Å². The van der Waals surface area contributed by atoms with E-state index in [4.69, 9.17) is 5.11 Å². The molecular formula is C8H5F4NO2. The number of hydrogen-bond acceptors (Lipinski definition) is 2. The number of carboxylic acids is 1. The molecule has 0 aromatic carbocycles. The lowest BCUT2D eigenvalue weighted by Crippen LogP contribution is -2.11. The molecule has 0 atom stereocenters. The number of aromatic nitrogens is 1. The third-order valence-electron chi connectivity index (χ3n) is 1.55. The maximum Gasteiger partial charge on any atom is 0.419 e. The van der Waals surface area contributed by atoms with Gasteiger partial charge in [0.05, 0.1) is 23.9 Å². The lowest BCUT2D eigenvalue weighted by atomic mass is 10.2. The minimum absolute atomic E-state index is 0.337. The van der Waals surface area contributed by atoms with Gasteiger partial charge < -0.3 is 5.11 Å². The van der Waals surface area contributed by atoms with E-state index in [0.29, 0.717) is 12.3 Å². The fourth-order valence-corrected chi connectivity index (χ4v) is 0.951. The first-order valence-corrected chi connectivity index (χ1v) is 3.74. The summed E-state index contributed by atoms with van der Waals surface area (Å²) in [5.41, 5.74) is -1.84. The number of aliphatic carboxylic acids is 1. The average molecular weight is 223 g/mol. The monoisotopic (exact) mass is 223 g/mol. The molecule has 1 rings (SSSR count). The molecule has 1 N–H and O–H groups in total. The minimum atomic E-state index is -4.85. The number of alkyl halides is 3. The third kappa shape index (κ3) is 2.90. The van der Waals surface area contributed by atoms with Crippen LogP contribution in [0.2, 0.25) is 0 Å². The van der Waals surface area contributed by atoms with Gasteiger partial charge in [-0.2, -0.15) is 13.2 Å². The second-order valence-electron chi connectivity index (χ2n) is 2.72. The van der Waals surface area contributed by atoms with Gasteiger partial charge in [-0.3, -0.25) is 9.78 Å². The molecule has 0 aliphatic rings. The largest absolute Gasteiger partial charge is 0.481 e. The van der Waals surface area contributed by atoms with Crippen LogP contribution in [0.1, 0.15) is 11.3 Å². The van der Waals surface area contributed by atoms with Crippen molar-refractivity contribution in [1.82, 2.24) is 4.98 Å². The van der Waals surface area contributed by atoms with E-state index in [9.17, 15) is 22.4 Å². The second kappa shape index (κ2) is 3.84. The Bertz CT molecular complexity index is 389. The maximum atomic E-state index is 12.7. The highest BCUT2D eigenvalue weighted by molar-refractivity contribution is 5.69. The van der Waals surface area contributed by atoms with Crippen molar-refractivity contribution in [2.75, 3.05) is 0 Å². The van der Waals surface area contributed by atoms with E-state index in [1.165, 1.54) is 0 Å². The highest BCUT2D eigenvalue weighted by Gasteiger charge is 2.34. The highest BCUT2D eigenvalue weighted by atomic mass is 19.4. The van der Waals surface area contributed by atoms with Crippen LogP contribution in [-0.4, -0.2) is 16.1 Å². The van der Waals surface area contributed by atoms with Crippen molar-refractivity contribution in [2.24, 2.45) is 0 Å². The van der Waals surface area contributed by atoms with Crippen molar-refractivity contribution >= 4 is 5.97 Å². The number of halogens is 4. The SMILES string of the molecule is O=C(O)Cc1cc(C(F)(F)F)c(F)cn1. The summed E-state index contributed by atoms with van der Waals surface area (Å²) >= 11 is 0. The summed E-state index contributed by atoms with van der Waals surface area (Å²) in [7, 11) is 0. The Morgan fingerprint density at radius 2 is 2.07 bits per heavy atom.